The van der Waals surface area contributed by atoms with Crippen molar-refractivity contribution >= 4 is 5.69 Å². The van der Waals surface area contributed by atoms with Crippen molar-refractivity contribution in [1.29, 1.82) is 0 Å². The van der Waals surface area contributed by atoms with Crippen LogP contribution >= 0.6 is 0 Å². The molecule has 1 heteroatoms. The quantitative estimate of drug-likeness (QED) is 0.617. The Morgan fingerprint density at radius 2 is 2.00 bits per heavy atom. The molecule has 0 aromatic heterocycles. The number of rotatable bonds is 0. The Balaban J connectivity index is 2.47. The molecular formula is C11H15N. The minimum Gasteiger partial charge on any atom is -0.382 e. The highest BCUT2D eigenvalue weighted by molar-refractivity contribution is 5.60. The van der Waals surface area contributed by atoms with Gasteiger partial charge in [0.15, 0.2) is 0 Å². The van der Waals surface area contributed by atoms with Crippen LogP contribution in [-0.2, 0) is 0 Å². The molecule has 1 N–H and O–H groups in total. The lowest BCUT2D eigenvalue weighted by molar-refractivity contribution is 0.690. The molecule has 0 fully saturated rings. The summed E-state index contributed by atoms with van der Waals surface area (Å²) in [7, 11) is 0. The average Bonchev–Trinajstić information content (AvgIpc) is 2.28. The van der Waals surface area contributed by atoms with Crippen molar-refractivity contribution < 1.29 is 0 Å². The number of nitrogens with one attached hydrogen (secondary N) is 1. The largest absolute Gasteiger partial charge is 0.382 e. The van der Waals surface area contributed by atoms with E-state index in [2.05, 4.69) is 44.3 Å². The lowest BCUT2D eigenvalue weighted by Gasteiger charge is -2.08. The van der Waals surface area contributed by atoms with Crippen LogP contribution in [0.2, 0.25) is 0 Å². The van der Waals surface area contributed by atoms with Gasteiger partial charge in [0.25, 0.3) is 0 Å². The molecule has 1 aromatic rings. The standard InChI is InChI=1S/C11H15N/c1-7-4-5-10-8(2)9(3)12-11(10)6-7/h4-6,8-9,12H,1-3H3. The molecule has 1 aliphatic heterocycles. The predicted molar refractivity (Wildman–Crippen MR) is 52.7 cm³/mol. The topological polar surface area (TPSA) is 12.0 Å². The van der Waals surface area contributed by atoms with Crippen LogP contribution in [0.1, 0.15) is 30.9 Å². The summed E-state index contributed by atoms with van der Waals surface area (Å²) in [6, 6.07) is 7.25. The Morgan fingerprint density at radius 3 is 2.75 bits per heavy atom. The van der Waals surface area contributed by atoms with Gasteiger partial charge in [-0.15, -0.1) is 0 Å². The number of aryl methyl sites for hydroxylation is 1. The number of anilines is 1. The first-order valence-electron chi connectivity index (χ1n) is 4.55. The van der Waals surface area contributed by atoms with Crippen LogP contribution in [0.25, 0.3) is 0 Å². The molecule has 1 nitrogen and oxygen atoms in total. The predicted octanol–water partition coefficient (Wildman–Crippen LogP) is 2.91. The molecule has 0 saturated heterocycles. The summed E-state index contributed by atoms with van der Waals surface area (Å²) in [5, 5.41) is 3.49. The molecule has 2 rings (SSSR count). The maximum Gasteiger partial charge on any atom is 0.0381 e. The molecule has 12 heavy (non-hydrogen) atoms. The lowest BCUT2D eigenvalue weighted by Crippen LogP contribution is -2.12. The summed E-state index contributed by atoms with van der Waals surface area (Å²) >= 11 is 0. The van der Waals surface area contributed by atoms with Crippen molar-refractivity contribution in [2.24, 2.45) is 0 Å². The van der Waals surface area contributed by atoms with Crippen molar-refractivity contribution in [3.8, 4) is 0 Å². The second-order valence-electron chi connectivity index (χ2n) is 3.81. The highest BCUT2D eigenvalue weighted by Crippen LogP contribution is 2.35. The van der Waals surface area contributed by atoms with E-state index in [0.29, 0.717) is 12.0 Å². The van der Waals surface area contributed by atoms with Crippen LogP contribution in [0.4, 0.5) is 5.69 Å². The lowest BCUT2D eigenvalue weighted by atomic mass is 9.98. The van der Waals surface area contributed by atoms with E-state index in [0.717, 1.165) is 0 Å². The molecule has 0 amide bonds. The fourth-order valence-corrected chi connectivity index (χ4v) is 1.83. The summed E-state index contributed by atoms with van der Waals surface area (Å²) < 4.78 is 0. The molecule has 64 valence electrons. The van der Waals surface area contributed by atoms with Crippen LogP contribution < -0.4 is 5.32 Å². The van der Waals surface area contributed by atoms with Crippen molar-refractivity contribution in [2.45, 2.75) is 32.7 Å². The Labute approximate surface area is 73.8 Å². The first kappa shape index (κ1) is 7.66. The third kappa shape index (κ3) is 1.01. The Kier molecular flexibility index (Phi) is 1.60. The molecule has 0 spiro atoms. The third-order valence-corrected chi connectivity index (χ3v) is 2.83. The highest BCUT2D eigenvalue weighted by atomic mass is 15.0. The number of benzene rings is 1. The number of hydrogen-bond acceptors (Lipinski definition) is 1. The van der Waals surface area contributed by atoms with Gasteiger partial charge in [0, 0.05) is 17.6 Å². The van der Waals surface area contributed by atoms with Gasteiger partial charge in [0.05, 0.1) is 0 Å². The van der Waals surface area contributed by atoms with E-state index >= 15 is 0 Å². The zero-order valence-electron chi connectivity index (χ0n) is 7.89. The molecular weight excluding hydrogens is 146 g/mol. The SMILES string of the molecule is Cc1ccc2c(c1)NC(C)C2C. The Hall–Kier alpha value is -0.980. The first-order valence-corrected chi connectivity index (χ1v) is 4.55. The molecule has 0 saturated carbocycles. The van der Waals surface area contributed by atoms with E-state index in [1.165, 1.54) is 16.8 Å². The molecule has 2 unspecified atom stereocenters. The Morgan fingerprint density at radius 1 is 1.25 bits per heavy atom. The van der Waals surface area contributed by atoms with Crippen molar-refractivity contribution in [2.75, 3.05) is 5.32 Å². The minimum atomic E-state index is 0.585. The molecule has 0 radical (unpaired) electrons. The van der Waals surface area contributed by atoms with Crippen LogP contribution in [0.3, 0.4) is 0 Å². The summed E-state index contributed by atoms with van der Waals surface area (Å²) in [6.45, 7) is 6.65. The molecule has 2 atom stereocenters. The molecule has 1 aromatic carbocycles. The van der Waals surface area contributed by atoms with E-state index in [1.807, 2.05) is 0 Å². The summed E-state index contributed by atoms with van der Waals surface area (Å²) in [6.07, 6.45) is 0. The van der Waals surface area contributed by atoms with E-state index < -0.39 is 0 Å². The van der Waals surface area contributed by atoms with Crippen LogP contribution in [0, 0.1) is 6.92 Å². The average molecular weight is 161 g/mol. The van der Waals surface area contributed by atoms with E-state index in [4.69, 9.17) is 0 Å². The van der Waals surface area contributed by atoms with Gasteiger partial charge in [0.1, 0.15) is 0 Å². The summed E-state index contributed by atoms with van der Waals surface area (Å²) in [5.41, 5.74) is 4.13. The number of fused-ring (bicyclic) bond motifs is 1. The maximum absolute atomic E-state index is 3.49. The highest BCUT2D eigenvalue weighted by Gasteiger charge is 2.24. The fourth-order valence-electron chi connectivity index (χ4n) is 1.83. The van der Waals surface area contributed by atoms with Gasteiger partial charge in [-0.25, -0.2) is 0 Å². The van der Waals surface area contributed by atoms with Gasteiger partial charge in [-0.2, -0.15) is 0 Å². The van der Waals surface area contributed by atoms with E-state index in [-0.39, 0.29) is 0 Å². The summed E-state index contributed by atoms with van der Waals surface area (Å²) in [5.74, 6) is 0.653. The van der Waals surface area contributed by atoms with E-state index in [9.17, 15) is 0 Å². The molecule has 0 aliphatic carbocycles. The monoisotopic (exact) mass is 161 g/mol. The van der Waals surface area contributed by atoms with Gasteiger partial charge in [-0.05, 0) is 31.0 Å². The number of hydrogen-bond donors (Lipinski definition) is 1. The van der Waals surface area contributed by atoms with Gasteiger partial charge in [0.2, 0.25) is 0 Å². The molecule has 0 bridgehead atoms. The second-order valence-corrected chi connectivity index (χ2v) is 3.81. The van der Waals surface area contributed by atoms with Gasteiger partial charge >= 0.3 is 0 Å². The third-order valence-electron chi connectivity index (χ3n) is 2.83. The first-order chi connectivity index (χ1) is 5.68. The van der Waals surface area contributed by atoms with Crippen LogP contribution in [0.15, 0.2) is 18.2 Å². The van der Waals surface area contributed by atoms with Crippen molar-refractivity contribution in [1.82, 2.24) is 0 Å². The smallest absolute Gasteiger partial charge is 0.0381 e. The van der Waals surface area contributed by atoms with Crippen molar-refractivity contribution in [3.05, 3.63) is 29.3 Å². The molecule has 1 heterocycles. The van der Waals surface area contributed by atoms with Crippen molar-refractivity contribution in [3.63, 3.8) is 0 Å². The van der Waals surface area contributed by atoms with Gasteiger partial charge < -0.3 is 5.32 Å². The van der Waals surface area contributed by atoms with E-state index in [1.54, 1.807) is 0 Å². The maximum atomic E-state index is 3.49. The van der Waals surface area contributed by atoms with Crippen LogP contribution in [0.5, 0.6) is 0 Å². The van der Waals surface area contributed by atoms with Gasteiger partial charge in [-0.1, -0.05) is 19.1 Å². The Bertz CT molecular complexity index is 304. The zero-order valence-corrected chi connectivity index (χ0v) is 7.89. The molecule has 1 aliphatic rings. The van der Waals surface area contributed by atoms with Crippen LogP contribution in [-0.4, -0.2) is 6.04 Å². The zero-order chi connectivity index (χ0) is 8.72. The fraction of sp³-hybridized carbons (Fsp3) is 0.455. The second kappa shape index (κ2) is 2.51. The minimum absolute atomic E-state index is 0.585. The van der Waals surface area contributed by atoms with Gasteiger partial charge in [-0.3, -0.25) is 0 Å². The normalized spacial score (nSPS) is 26.6. The summed E-state index contributed by atoms with van der Waals surface area (Å²) in [4.78, 5) is 0.